The second-order valence-corrected chi connectivity index (χ2v) is 6.72. The van der Waals surface area contributed by atoms with Crippen LogP contribution in [-0.4, -0.2) is 56.9 Å². The molecule has 1 saturated heterocycles. The quantitative estimate of drug-likeness (QED) is 0.767. The van der Waals surface area contributed by atoms with E-state index in [4.69, 9.17) is 0 Å². The summed E-state index contributed by atoms with van der Waals surface area (Å²) in [6.07, 6.45) is 1.64. The van der Waals surface area contributed by atoms with Gasteiger partial charge in [-0.1, -0.05) is 0 Å². The lowest BCUT2D eigenvalue weighted by molar-refractivity contribution is 0.0746. The Bertz CT molecular complexity index is 971. The molecule has 26 heavy (non-hydrogen) atoms. The number of aromatic amines is 1. The van der Waals surface area contributed by atoms with Crippen LogP contribution in [0.25, 0.3) is 11.0 Å². The minimum Gasteiger partial charge on any atom is -0.353 e. The number of hydrogen-bond donors (Lipinski definition) is 1. The number of imidazole rings is 1. The average Bonchev–Trinajstić information content (AvgIpc) is 3.12. The van der Waals surface area contributed by atoms with Crippen molar-refractivity contribution in [3.05, 3.63) is 47.2 Å². The lowest BCUT2D eigenvalue weighted by atomic mass is 10.1. The van der Waals surface area contributed by atoms with E-state index in [1.807, 2.05) is 36.9 Å². The average molecular weight is 350 g/mol. The van der Waals surface area contributed by atoms with Crippen molar-refractivity contribution in [3.63, 3.8) is 0 Å². The zero-order valence-corrected chi connectivity index (χ0v) is 15.3. The Kier molecular flexibility index (Phi) is 4.06. The van der Waals surface area contributed by atoms with Crippen LogP contribution in [0.2, 0.25) is 0 Å². The first-order valence-electron chi connectivity index (χ1n) is 8.82. The molecule has 1 aliphatic heterocycles. The first-order valence-corrected chi connectivity index (χ1v) is 8.82. The van der Waals surface area contributed by atoms with Crippen molar-refractivity contribution < 1.29 is 4.79 Å². The van der Waals surface area contributed by atoms with E-state index in [0.717, 1.165) is 47.0 Å². The molecule has 0 bridgehead atoms. The lowest BCUT2D eigenvalue weighted by Gasteiger charge is -2.36. The van der Waals surface area contributed by atoms with E-state index >= 15 is 0 Å². The number of hydrogen-bond acceptors (Lipinski definition) is 5. The number of aryl methyl sites for hydroxylation is 2. The molecule has 0 saturated carbocycles. The van der Waals surface area contributed by atoms with Gasteiger partial charge in [-0.2, -0.15) is 0 Å². The van der Waals surface area contributed by atoms with E-state index in [1.165, 1.54) is 0 Å². The molecule has 0 atom stereocenters. The number of fused-ring (bicyclic) bond motifs is 1. The summed E-state index contributed by atoms with van der Waals surface area (Å²) in [6.45, 7) is 8.90. The molecule has 7 nitrogen and oxygen atoms in total. The van der Waals surface area contributed by atoms with Gasteiger partial charge in [0.25, 0.3) is 5.91 Å². The van der Waals surface area contributed by atoms with Gasteiger partial charge >= 0.3 is 0 Å². The highest BCUT2D eigenvalue weighted by atomic mass is 16.2. The van der Waals surface area contributed by atoms with Crippen molar-refractivity contribution in [2.45, 2.75) is 20.8 Å². The molecule has 1 aromatic carbocycles. The maximum absolute atomic E-state index is 12.8. The number of anilines is 1. The Labute approximate surface area is 152 Å². The van der Waals surface area contributed by atoms with E-state index in [2.05, 4.69) is 31.8 Å². The number of rotatable bonds is 2. The first kappa shape index (κ1) is 16.5. The van der Waals surface area contributed by atoms with Gasteiger partial charge in [0.05, 0.1) is 17.4 Å². The fraction of sp³-hybridized carbons (Fsp3) is 0.368. The van der Waals surface area contributed by atoms with Crippen LogP contribution in [0.4, 0.5) is 5.82 Å². The summed E-state index contributed by atoms with van der Waals surface area (Å²) in [5, 5.41) is 0. The summed E-state index contributed by atoms with van der Waals surface area (Å²) in [6, 6.07) is 5.60. The normalized spacial score (nSPS) is 14.9. The topological polar surface area (TPSA) is 78.0 Å². The Morgan fingerprint density at radius 1 is 1.08 bits per heavy atom. The molecule has 0 radical (unpaired) electrons. The van der Waals surface area contributed by atoms with Crippen molar-refractivity contribution in [2.24, 2.45) is 0 Å². The summed E-state index contributed by atoms with van der Waals surface area (Å²) in [4.78, 5) is 33.3. The van der Waals surface area contributed by atoms with Crippen LogP contribution in [0, 0.1) is 20.8 Å². The number of carbonyl (C=O) groups is 1. The van der Waals surface area contributed by atoms with Gasteiger partial charge in [0, 0.05) is 43.0 Å². The van der Waals surface area contributed by atoms with E-state index in [-0.39, 0.29) is 5.91 Å². The highest BCUT2D eigenvalue weighted by Crippen LogP contribution is 2.22. The highest BCUT2D eigenvalue weighted by molar-refractivity contribution is 5.97. The molecule has 3 aromatic rings. The third-order valence-electron chi connectivity index (χ3n) is 5.01. The van der Waals surface area contributed by atoms with Crippen molar-refractivity contribution in [1.82, 2.24) is 24.8 Å². The molecule has 7 heteroatoms. The van der Waals surface area contributed by atoms with Crippen LogP contribution >= 0.6 is 0 Å². The van der Waals surface area contributed by atoms with Crippen molar-refractivity contribution in [2.75, 3.05) is 31.1 Å². The summed E-state index contributed by atoms with van der Waals surface area (Å²) in [5.41, 5.74) is 4.58. The maximum atomic E-state index is 12.8. The summed E-state index contributed by atoms with van der Waals surface area (Å²) in [7, 11) is 0. The zero-order valence-electron chi connectivity index (χ0n) is 15.3. The van der Waals surface area contributed by atoms with Gasteiger partial charge in [0.1, 0.15) is 11.6 Å². The fourth-order valence-electron chi connectivity index (χ4n) is 3.43. The SMILES string of the molecule is Cc1nc(C)c(C)c(N2CCN(C(=O)c3ccc4nc[nH]c4c3)CC2)n1. The minimum absolute atomic E-state index is 0.0629. The molecule has 1 aliphatic rings. The van der Waals surface area contributed by atoms with Crippen molar-refractivity contribution in [1.29, 1.82) is 0 Å². The molecule has 1 fully saturated rings. The molecule has 0 aliphatic carbocycles. The van der Waals surface area contributed by atoms with Crippen LogP contribution in [0.15, 0.2) is 24.5 Å². The van der Waals surface area contributed by atoms with E-state index < -0.39 is 0 Å². The third kappa shape index (κ3) is 2.89. The zero-order chi connectivity index (χ0) is 18.3. The van der Waals surface area contributed by atoms with Crippen LogP contribution in [0.5, 0.6) is 0 Å². The molecular formula is C19H22N6O. The molecule has 1 amide bonds. The molecule has 2 aromatic heterocycles. The Morgan fingerprint density at radius 2 is 1.85 bits per heavy atom. The summed E-state index contributed by atoms with van der Waals surface area (Å²) >= 11 is 0. The van der Waals surface area contributed by atoms with Gasteiger partial charge in [-0.25, -0.2) is 15.0 Å². The Balaban J connectivity index is 1.48. The summed E-state index contributed by atoms with van der Waals surface area (Å²) in [5.74, 6) is 1.84. The van der Waals surface area contributed by atoms with Gasteiger partial charge < -0.3 is 14.8 Å². The maximum Gasteiger partial charge on any atom is 0.254 e. The van der Waals surface area contributed by atoms with Gasteiger partial charge in [-0.05, 0) is 39.0 Å². The number of H-pyrrole nitrogens is 1. The predicted molar refractivity (Wildman–Crippen MR) is 100 cm³/mol. The number of amides is 1. The molecule has 3 heterocycles. The van der Waals surface area contributed by atoms with Crippen molar-refractivity contribution >= 4 is 22.8 Å². The number of nitrogens with one attached hydrogen (secondary N) is 1. The molecule has 4 rings (SSSR count). The van der Waals surface area contributed by atoms with Crippen LogP contribution < -0.4 is 4.90 Å². The van der Waals surface area contributed by atoms with Crippen LogP contribution in [0.3, 0.4) is 0 Å². The van der Waals surface area contributed by atoms with Gasteiger partial charge in [-0.15, -0.1) is 0 Å². The molecule has 134 valence electrons. The smallest absolute Gasteiger partial charge is 0.254 e. The van der Waals surface area contributed by atoms with E-state index in [1.54, 1.807) is 6.33 Å². The minimum atomic E-state index is 0.0629. The number of carbonyl (C=O) groups excluding carboxylic acids is 1. The second kappa shape index (κ2) is 6.40. The molecule has 1 N–H and O–H groups in total. The van der Waals surface area contributed by atoms with E-state index in [9.17, 15) is 4.79 Å². The Morgan fingerprint density at radius 3 is 2.62 bits per heavy atom. The fourth-order valence-corrected chi connectivity index (χ4v) is 3.43. The monoisotopic (exact) mass is 350 g/mol. The largest absolute Gasteiger partial charge is 0.353 e. The Hall–Kier alpha value is -2.96. The number of aromatic nitrogens is 4. The van der Waals surface area contributed by atoms with Crippen molar-refractivity contribution in [3.8, 4) is 0 Å². The predicted octanol–water partition coefficient (Wildman–Crippen LogP) is 2.24. The van der Waals surface area contributed by atoms with Gasteiger partial charge in [0.15, 0.2) is 0 Å². The standard InChI is InChI=1S/C19H22N6O/c1-12-13(2)22-14(3)23-18(12)24-6-8-25(9-7-24)19(26)15-4-5-16-17(10-15)21-11-20-16/h4-5,10-11H,6-9H2,1-3H3,(H,20,21). The molecule has 0 spiro atoms. The lowest BCUT2D eigenvalue weighted by Crippen LogP contribution is -2.49. The first-order chi connectivity index (χ1) is 12.5. The van der Waals surface area contributed by atoms with Gasteiger partial charge in [-0.3, -0.25) is 4.79 Å². The highest BCUT2D eigenvalue weighted by Gasteiger charge is 2.24. The van der Waals surface area contributed by atoms with Crippen LogP contribution in [-0.2, 0) is 0 Å². The second-order valence-electron chi connectivity index (χ2n) is 6.72. The number of piperazine rings is 1. The molecular weight excluding hydrogens is 328 g/mol. The van der Waals surface area contributed by atoms with E-state index in [0.29, 0.717) is 18.7 Å². The number of nitrogens with zero attached hydrogens (tertiary/aromatic N) is 5. The molecule has 0 unspecified atom stereocenters. The number of benzene rings is 1. The van der Waals surface area contributed by atoms with Crippen LogP contribution in [0.1, 0.15) is 27.4 Å². The third-order valence-corrected chi connectivity index (χ3v) is 5.01. The summed E-state index contributed by atoms with van der Waals surface area (Å²) < 4.78 is 0. The van der Waals surface area contributed by atoms with Gasteiger partial charge in [0.2, 0.25) is 0 Å².